The number of β-amino-alcohol motifs (C(OH)–C–C–N with tert-alkyl or cyclic N) is 1. The van der Waals surface area contributed by atoms with Crippen LogP contribution in [0.3, 0.4) is 0 Å². The Morgan fingerprint density at radius 3 is 2.25 bits per heavy atom. The number of hydrogen-bond acceptors (Lipinski definition) is 8. The van der Waals surface area contributed by atoms with Gasteiger partial charge in [-0.3, -0.25) is 24.6 Å². The van der Waals surface area contributed by atoms with Crippen LogP contribution in [0, 0.1) is 5.82 Å². The summed E-state index contributed by atoms with van der Waals surface area (Å²) in [6.45, 7) is 5.58. The van der Waals surface area contributed by atoms with Crippen LogP contribution in [-0.2, 0) is 16.1 Å². The van der Waals surface area contributed by atoms with Crippen molar-refractivity contribution in [1.82, 2.24) is 15.1 Å². The number of nitrogens with one attached hydrogen (secondary N) is 1. The molecule has 2 saturated heterocycles. The molecule has 0 radical (unpaired) electrons. The minimum absolute atomic E-state index is 0.00481. The number of nitrogens with zero attached hydrogens (tertiary/aromatic N) is 3. The number of aromatic hydroxyl groups is 1. The van der Waals surface area contributed by atoms with Crippen molar-refractivity contribution in [3.05, 3.63) is 125 Å². The number of halogens is 1. The molecule has 2 atom stereocenters. The van der Waals surface area contributed by atoms with Gasteiger partial charge in [0.25, 0.3) is 5.91 Å². The Balaban J connectivity index is 0.883. The number of phenolic OH excluding ortho intramolecular Hbond substituents is 1. The van der Waals surface area contributed by atoms with Gasteiger partial charge in [0.15, 0.2) is 5.82 Å². The summed E-state index contributed by atoms with van der Waals surface area (Å²) in [5, 5.41) is 23.0. The Morgan fingerprint density at radius 2 is 1.58 bits per heavy atom. The van der Waals surface area contributed by atoms with Crippen molar-refractivity contribution in [3.63, 3.8) is 0 Å². The number of carbonyl (C=O) groups excluding carboxylic acids is 3. The summed E-state index contributed by atoms with van der Waals surface area (Å²) in [5.74, 6) is -0.744. The van der Waals surface area contributed by atoms with Gasteiger partial charge < -0.3 is 24.7 Å². The molecule has 0 spiro atoms. The average molecular weight is 747 g/mol. The Bertz CT molecular complexity index is 2050. The number of carbonyl (C=O) groups is 3. The van der Waals surface area contributed by atoms with Gasteiger partial charge in [-0.1, -0.05) is 61.5 Å². The highest BCUT2D eigenvalue weighted by Crippen LogP contribution is 2.36. The lowest BCUT2D eigenvalue weighted by Gasteiger charge is -2.37. The number of hydrogen-bond donors (Lipinski definition) is 3. The number of allylic oxidation sites excluding steroid dienone is 1. The topological polar surface area (TPSA) is 123 Å². The van der Waals surface area contributed by atoms with E-state index in [9.17, 15) is 24.6 Å². The summed E-state index contributed by atoms with van der Waals surface area (Å²) < 4.78 is 21.9. The van der Waals surface area contributed by atoms with E-state index in [1.807, 2.05) is 47.4 Å². The molecule has 3 aliphatic rings. The summed E-state index contributed by atoms with van der Waals surface area (Å²) >= 11 is 0. The molecule has 4 aromatic carbocycles. The molecule has 0 aromatic heterocycles. The third kappa shape index (κ3) is 8.43. The molecule has 4 aromatic rings. The predicted octanol–water partition coefficient (Wildman–Crippen LogP) is 6.00. The third-order valence-corrected chi connectivity index (χ3v) is 10.8. The molecule has 7 rings (SSSR count). The van der Waals surface area contributed by atoms with Crippen molar-refractivity contribution >= 4 is 34.6 Å². The van der Waals surface area contributed by atoms with Gasteiger partial charge in [-0.25, -0.2) is 4.39 Å². The summed E-state index contributed by atoms with van der Waals surface area (Å²) in [5.41, 5.74) is 6.52. The third-order valence-electron chi connectivity index (χ3n) is 10.8. The first kappa shape index (κ1) is 37.8. The number of ether oxygens (including phenoxy) is 1. The number of piperidine rings is 1. The molecule has 3 heterocycles. The second-order valence-corrected chi connectivity index (χ2v) is 14.4. The van der Waals surface area contributed by atoms with E-state index in [1.54, 1.807) is 24.3 Å². The van der Waals surface area contributed by atoms with Crippen LogP contribution in [0.15, 0.2) is 91.0 Å². The molecular formula is C44H47FN4O6. The van der Waals surface area contributed by atoms with Gasteiger partial charge in [-0.05, 0) is 89.9 Å². The number of fused-ring (bicyclic) bond motifs is 1. The molecule has 0 bridgehead atoms. The zero-order valence-electron chi connectivity index (χ0n) is 31.0. The van der Waals surface area contributed by atoms with Crippen LogP contribution in [0.25, 0.3) is 11.1 Å². The number of phenols is 1. The van der Waals surface area contributed by atoms with Crippen LogP contribution in [0.5, 0.6) is 11.5 Å². The summed E-state index contributed by atoms with van der Waals surface area (Å²) in [7, 11) is 0. The Labute approximate surface area is 320 Å². The minimum Gasteiger partial charge on any atom is -0.508 e. The number of benzene rings is 4. The van der Waals surface area contributed by atoms with E-state index in [0.717, 1.165) is 34.4 Å². The van der Waals surface area contributed by atoms with Crippen LogP contribution in [0.4, 0.5) is 10.1 Å². The zero-order valence-corrected chi connectivity index (χ0v) is 31.0. The number of rotatable bonds is 13. The predicted molar refractivity (Wildman–Crippen MR) is 209 cm³/mol. The maximum Gasteiger partial charge on any atom is 0.255 e. The van der Waals surface area contributed by atoms with E-state index in [0.29, 0.717) is 57.9 Å². The number of aliphatic hydroxyl groups excluding tert-OH is 1. The van der Waals surface area contributed by atoms with Gasteiger partial charge in [0.2, 0.25) is 11.8 Å². The molecule has 0 aliphatic carbocycles. The fraction of sp³-hybridized carbons (Fsp3) is 0.341. The highest BCUT2D eigenvalue weighted by atomic mass is 19.1. The second-order valence-electron chi connectivity index (χ2n) is 14.4. The summed E-state index contributed by atoms with van der Waals surface area (Å²) in [4.78, 5) is 42.6. The maximum absolute atomic E-state index is 15.8. The van der Waals surface area contributed by atoms with Gasteiger partial charge in [0.1, 0.15) is 17.5 Å². The fourth-order valence-corrected chi connectivity index (χ4v) is 7.93. The monoisotopic (exact) mass is 746 g/mol. The number of piperazine rings is 1. The molecule has 0 saturated carbocycles. The van der Waals surface area contributed by atoms with E-state index < -0.39 is 29.8 Å². The van der Waals surface area contributed by atoms with Crippen molar-refractivity contribution in [2.45, 2.75) is 57.7 Å². The number of imide groups is 1. The Morgan fingerprint density at radius 1 is 0.891 bits per heavy atom. The second kappa shape index (κ2) is 16.9. The number of anilines is 1. The smallest absolute Gasteiger partial charge is 0.255 e. The van der Waals surface area contributed by atoms with Crippen molar-refractivity contribution in [1.29, 1.82) is 0 Å². The maximum atomic E-state index is 15.8. The van der Waals surface area contributed by atoms with Gasteiger partial charge in [-0.15, -0.1) is 0 Å². The van der Waals surface area contributed by atoms with E-state index in [2.05, 4.69) is 41.4 Å². The first-order valence-corrected chi connectivity index (χ1v) is 19.1. The molecular weight excluding hydrogens is 700 g/mol. The van der Waals surface area contributed by atoms with Crippen molar-refractivity contribution < 1.29 is 33.7 Å². The average Bonchev–Trinajstić information content (AvgIpc) is 3.53. The lowest BCUT2D eigenvalue weighted by molar-refractivity contribution is -0.136. The van der Waals surface area contributed by atoms with Crippen molar-refractivity contribution in [2.24, 2.45) is 0 Å². The van der Waals surface area contributed by atoms with Crippen LogP contribution in [0.1, 0.15) is 71.6 Å². The quantitative estimate of drug-likeness (QED) is 0.0866. The van der Waals surface area contributed by atoms with E-state index in [4.69, 9.17) is 4.74 Å². The Hall–Kier alpha value is -5.52. The van der Waals surface area contributed by atoms with Gasteiger partial charge in [0.05, 0.1) is 24.9 Å². The summed E-state index contributed by atoms with van der Waals surface area (Å²) in [6, 6.07) is 28.2. The highest BCUT2D eigenvalue weighted by molar-refractivity contribution is 6.05. The molecule has 55 heavy (non-hydrogen) atoms. The number of amides is 3. The van der Waals surface area contributed by atoms with E-state index in [-0.39, 0.29) is 42.2 Å². The molecule has 286 valence electrons. The van der Waals surface area contributed by atoms with Crippen LogP contribution in [0.2, 0.25) is 0 Å². The Kier molecular flexibility index (Phi) is 11.6. The van der Waals surface area contributed by atoms with Crippen molar-refractivity contribution in [2.75, 3.05) is 44.2 Å². The first-order chi connectivity index (χ1) is 26.7. The molecule has 3 N–H and O–H groups in total. The van der Waals surface area contributed by atoms with Crippen LogP contribution < -0.4 is 15.0 Å². The van der Waals surface area contributed by atoms with Gasteiger partial charge in [-0.2, -0.15) is 0 Å². The highest BCUT2D eigenvalue weighted by Gasteiger charge is 2.41. The molecule has 10 nitrogen and oxygen atoms in total. The molecule has 11 heteroatoms. The van der Waals surface area contributed by atoms with E-state index in [1.165, 1.54) is 10.5 Å². The molecule has 2 unspecified atom stereocenters. The lowest BCUT2D eigenvalue weighted by Crippen LogP contribution is -2.52. The molecule has 3 aliphatic heterocycles. The normalized spacial score (nSPS) is 18.5. The number of aliphatic hydroxyl groups is 1. The van der Waals surface area contributed by atoms with Crippen LogP contribution in [-0.4, -0.2) is 89.2 Å². The van der Waals surface area contributed by atoms with E-state index >= 15 is 4.39 Å². The zero-order chi connectivity index (χ0) is 38.5. The van der Waals surface area contributed by atoms with Gasteiger partial charge in [0, 0.05) is 50.3 Å². The largest absolute Gasteiger partial charge is 0.508 e. The summed E-state index contributed by atoms with van der Waals surface area (Å²) in [6.07, 6.45) is 1.95. The molecule has 2 fully saturated rings. The SMILES string of the molecule is CC/C(=C(\c1ccc(O)cc1)c1ccc(OCCCC(O)CN2CCN(c3ccc4c(c3F)CN(C3CCC(=O)NC3=O)C4=O)CC2)cc1)c1ccccc1. The van der Waals surface area contributed by atoms with Crippen LogP contribution >= 0.6 is 0 Å². The fourth-order valence-electron chi connectivity index (χ4n) is 7.93. The lowest BCUT2D eigenvalue weighted by atomic mass is 9.88. The first-order valence-electron chi connectivity index (χ1n) is 19.1. The molecule has 3 amide bonds. The van der Waals surface area contributed by atoms with Gasteiger partial charge >= 0.3 is 0 Å². The standard InChI is InChI=1S/C44H47FN4O6/c1-2-35(29-7-4-3-5-8-29)41(30-10-14-32(50)15-11-30)31-12-16-34(17-13-31)55-26-6-9-33(51)27-47-22-24-48(25-23-47)38-19-18-36-37(42(38)45)28-49(44(36)54)39-20-21-40(52)46-43(39)53/h3-5,7-8,10-19,33,39,50-51H,2,6,9,20-28H2,1H3,(H,46,52,53)/b41-35-. The minimum atomic E-state index is -0.789. The van der Waals surface area contributed by atoms with Crippen molar-refractivity contribution in [3.8, 4) is 11.5 Å².